The average Bonchev–Trinajstić information content (AvgIpc) is 1.41. The van der Waals surface area contributed by atoms with Crippen LogP contribution in [0.1, 0.15) is 0 Å². The first-order valence-electron chi connectivity index (χ1n) is 0.730. The fraction of sp³-hybridized carbons (Fsp3) is 0. The molecule has 0 heterocycles. The van der Waals surface area contributed by atoms with Crippen molar-refractivity contribution in [2.45, 2.75) is 0 Å². The molecule has 0 fully saturated rings. The predicted molar refractivity (Wildman–Crippen MR) is 21.2 cm³/mol. The zero-order chi connectivity index (χ0) is 4.12. The van der Waals surface area contributed by atoms with E-state index in [-0.39, 0.29) is 12.4 Å². The topological polar surface area (TPSA) is 43.4 Å². The van der Waals surface area contributed by atoms with Gasteiger partial charge in [0.25, 0.3) is 0 Å². The summed E-state index contributed by atoms with van der Waals surface area (Å²) in [4.78, 5) is 0. The Bertz CT molecular complexity index is 38.1. The van der Waals surface area contributed by atoms with E-state index in [1.54, 1.807) is 0 Å². The molecule has 0 radical (unpaired) electrons. The third-order valence-corrected chi connectivity index (χ3v) is 1.80. The van der Waals surface area contributed by atoms with Crippen LogP contribution in [-0.4, -0.2) is 32.1 Å². The van der Waals surface area contributed by atoms with E-state index in [9.17, 15) is 7.48 Å². The summed E-state index contributed by atoms with van der Waals surface area (Å²) < 4.78 is 22.4. The Hall–Kier alpha value is 0.967. The molecule has 0 saturated carbocycles. The molecule has 6 heteroatoms. The van der Waals surface area contributed by atoms with Gasteiger partial charge in [-0.25, -0.2) is 0 Å². The van der Waals surface area contributed by atoms with E-state index in [2.05, 4.69) is 2.72 Å². The molecule has 0 aromatic carbocycles. The van der Waals surface area contributed by atoms with Crippen LogP contribution in [0.15, 0.2) is 0 Å². The van der Waals surface area contributed by atoms with Crippen molar-refractivity contribution in [3.8, 4) is 0 Å². The second-order valence-electron chi connectivity index (χ2n) is 0.231. The van der Waals surface area contributed by atoms with Gasteiger partial charge in [-0.2, -0.15) is 0 Å². The summed E-state index contributed by atoms with van der Waals surface area (Å²) in [6, 6.07) is 0. The molecule has 36 valence electrons. The summed E-state index contributed by atoms with van der Waals surface area (Å²) in [6.45, 7) is 0. The minimum absolute atomic E-state index is 0. The maximum absolute atomic E-state index is 9.22. The monoisotopic (exact) mass is 234 g/mol. The van der Waals surface area contributed by atoms with Crippen molar-refractivity contribution in [3.63, 3.8) is 0 Å². The summed E-state index contributed by atoms with van der Waals surface area (Å²) in [5.41, 5.74) is 0. The molecule has 0 amide bonds. The van der Waals surface area contributed by atoms with Crippen LogP contribution in [0, 0.1) is 0 Å². The van der Waals surface area contributed by atoms with Gasteiger partial charge in [0.1, 0.15) is 0 Å². The number of halogens is 1. The van der Waals surface area contributed by atoms with E-state index < -0.39 is 32.1 Å². The van der Waals surface area contributed by atoms with E-state index in [1.165, 1.54) is 0 Å². The Balaban J connectivity index is 0. The number of rotatable bonds is 2. The van der Waals surface area contributed by atoms with Crippen molar-refractivity contribution >= 4 is 44.5 Å². The molecule has 3 nitrogen and oxygen atoms in total. The molecule has 0 aromatic heterocycles. The summed E-state index contributed by atoms with van der Waals surface area (Å²) >= 11 is -2.61. The number of hydrogen-bond donors (Lipinski definition) is 0. The van der Waals surface area contributed by atoms with Crippen molar-refractivity contribution in [1.82, 2.24) is 0 Å². The van der Waals surface area contributed by atoms with Crippen LogP contribution >= 0.6 is 12.4 Å². The van der Waals surface area contributed by atoms with Crippen molar-refractivity contribution in [1.29, 1.82) is 0 Å². The molecule has 0 rings (SSSR count). The Kier molecular flexibility index (Phi) is 15.7. The Morgan fingerprint density at radius 1 is 1.17 bits per heavy atom. The van der Waals surface area contributed by atoms with Crippen LogP contribution < -0.4 is 0 Å². The molecule has 0 aliphatic rings. The van der Waals surface area contributed by atoms with Crippen LogP contribution in [0.2, 0.25) is 0 Å². The van der Waals surface area contributed by atoms with Gasteiger partial charge in [-0.15, -0.1) is 12.4 Å². The van der Waals surface area contributed by atoms with Crippen LogP contribution in [0.4, 0.5) is 0 Å². The number of hydrogen-bond acceptors (Lipinski definition) is 3. The fourth-order valence-electron chi connectivity index (χ4n) is 0.0136. The molecule has 0 saturated heterocycles. The first kappa shape index (κ1) is 10.1. The molecule has 0 bridgehead atoms. The van der Waals surface area contributed by atoms with Gasteiger partial charge in [0.2, 0.25) is 0 Å². The quantitative estimate of drug-likeness (QED) is 0.597. The predicted octanol–water partition coefficient (Wildman–Crippen LogP) is -0.646. The molecule has 0 spiro atoms. The summed E-state index contributed by atoms with van der Waals surface area (Å²) in [5.74, 6) is 0. The molecule has 0 aliphatic heterocycles. The molecule has 6 heavy (non-hydrogen) atoms. The van der Waals surface area contributed by atoms with E-state index in [4.69, 9.17) is 0 Å². The zero-order valence-electron chi connectivity index (χ0n) is 2.53. The molecule has 0 aromatic rings. The summed E-state index contributed by atoms with van der Waals surface area (Å²) in [5, 5.41) is 0. The Morgan fingerprint density at radius 3 is 1.50 bits per heavy atom. The van der Waals surface area contributed by atoms with E-state index in [0.29, 0.717) is 0 Å². The molecule has 0 aliphatic carbocycles. The van der Waals surface area contributed by atoms with Crippen LogP contribution in [-0.2, 0) is 10.2 Å². The molecular weight excluding hydrogens is 233 g/mol. The average molecular weight is 234 g/mol. The minimum atomic E-state index is -1.30. The van der Waals surface area contributed by atoms with Gasteiger partial charge in [-0.1, -0.05) is 0 Å². The van der Waals surface area contributed by atoms with Crippen molar-refractivity contribution in [3.05, 3.63) is 0 Å². The van der Waals surface area contributed by atoms with Gasteiger partial charge in [0.05, 0.1) is 0 Å². The van der Waals surface area contributed by atoms with Crippen molar-refractivity contribution in [2.24, 2.45) is 0 Å². The standard InChI is InChI=1S/As2O3.ClH/c3-1-5-2-4;/h;1H. The summed E-state index contributed by atoms with van der Waals surface area (Å²) in [7, 11) is 0. The molecule has 0 atom stereocenters. The third kappa shape index (κ3) is 8.88. The fourth-order valence-corrected chi connectivity index (χ4v) is 0.367. The van der Waals surface area contributed by atoms with Crippen LogP contribution in [0.5, 0.6) is 0 Å². The van der Waals surface area contributed by atoms with E-state index in [1.807, 2.05) is 0 Å². The SMILES string of the molecule is Cl.O=[As]O[As]=O. The van der Waals surface area contributed by atoms with Crippen LogP contribution in [0.25, 0.3) is 0 Å². The first-order chi connectivity index (χ1) is 2.41. The second kappa shape index (κ2) is 9.35. The Morgan fingerprint density at radius 2 is 1.50 bits per heavy atom. The van der Waals surface area contributed by atoms with Crippen molar-refractivity contribution < 1.29 is 10.2 Å². The van der Waals surface area contributed by atoms with Crippen LogP contribution in [0.3, 0.4) is 0 Å². The maximum atomic E-state index is 9.22. The van der Waals surface area contributed by atoms with E-state index in [0.717, 1.165) is 0 Å². The van der Waals surface area contributed by atoms with Gasteiger partial charge in [0, 0.05) is 0 Å². The molecule has 0 N–H and O–H groups in total. The van der Waals surface area contributed by atoms with Gasteiger partial charge < -0.3 is 0 Å². The second-order valence-corrected chi connectivity index (χ2v) is 2.98. The van der Waals surface area contributed by atoms with Gasteiger partial charge in [-0.05, 0) is 0 Å². The van der Waals surface area contributed by atoms with E-state index >= 15 is 0 Å². The first-order valence-corrected chi connectivity index (χ1v) is 3.79. The third-order valence-electron chi connectivity index (χ3n) is 0.0667. The Labute approximate surface area is 54.8 Å². The van der Waals surface area contributed by atoms with Gasteiger partial charge >= 0.3 is 42.3 Å². The molecule has 0 unspecified atom stereocenters. The summed E-state index contributed by atoms with van der Waals surface area (Å²) in [6.07, 6.45) is 0. The van der Waals surface area contributed by atoms with Crippen molar-refractivity contribution in [2.75, 3.05) is 0 Å². The van der Waals surface area contributed by atoms with Gasteiger partial charge in [0.15, 0.2) is 0 Å². The molecular formula is HAs2ClO3. The normalized spacial score (nSPS) is 8.00. The zero-order valence-corrected chi connectivity index (χ0v) is 7.10. The van der Waals surface area contributed by atoms with Gasteiger partial charge in [-0.3, -0.25) is 0 Å².